The highest BCUT2D eigenvalue weighted by molar-refractivity contribution is 6.01. The number of carbonyl (C=O) groups excluding carboxylic acids is 1. The average Bonchev–Trinajstić information content (AvgIpc) is 3.16. The number of amides is 1. The highest BCUT2D eigenvalue weighted by atomic mass is 16.6. The molecule has 0 radical (unpaired) electrons. The molecule has 0 spiro atoms. The van der Waals surface area contributed by atoms with E-state index < -0.39 is 0 Å². The van der Waals surface area contributed by atoms with Crippen LogP contribution in [0.2, 0.25) is 0 Å². The van der Waals surface area contributed by atoms with E-state index in [-0.39, 0.29) is 12.0 Å². The summed E-state index contributed by atoms with van der Waals surface area (Å²) in [6, 6.07) is 16.1. The zero-order chi connectivity index (χ0) is 20.8. The summed E-state index contributed by atoms with van der Waals surface area (Å²) >= 11 is 0. The predicted octanol–water partition coefficient (Wildman–Crippen LogP) is 4.57. The van der Waals surface area contributed by atoms with Crippen LogP contribution in [0.4, 0.5) is 0 Å². The average molecular weight is 395 g/mol. The van der Waals surface area contributed by atoms with E-state index in [9.17, 15) is 4.79 Å². The third-order valence-corrected chi connectivity index (χ3v) is 4.98. The van der Waals surface area contributed by atoms with Crippen LogP contribution in [0, 0.1) is 12.8 Å². The molecule has 1 heterocycles. The van der Waals surface area contributed by atoms with E-state index in [1.54, 1.807) is 7.11 Å². The molecule has 1 unspecified atom stereocenters. The zero-order valence-electron chi connectivity index (χ0n) is 17.7. The van der Waals surface area contributed by atoms with E-state index in [0.29, 0.717) is 31.8 Å². The van der Waals surface area contributed by atoms with Gasteiger partial charge in [0.1, 0.15) is 5.75 Å². The number of benzene rings is 2. The number of hydrogen-bond acceptors (Lipinski definition) is 4. The summed E-state index contributed by atoms with van der Waals surface area (Å²) < 4.78 is 5.32. The molecule has 2 aromatic rings. The maximum Gasteiger partial charge on any atom is 0.223 e. The third-order valence-electron chi connectivity index (χ3n) is 4.98. The molecule has 29 heavy (non-hydrogen) atoms. The molecule has 0 N–H and O–H groups in total. The van der Waals surface area contributed by atoms with Gasteiger partial charge in [0, 0.05) is 19.4 Å². The molecular weight excluding hydrogens is 364 g/mol. The van der Waals surface area contributed by atoms with Gasteiger partial charge in [-0.2, -0.15) is 0 Å². The fourth-order valence-electron chi connectivity index (χ4n) is 3.41. The summed E-state index contributed by atoms with van der Waals surface area (Å²) in [6.07, 6.45) is 1.09. The molecule has 0 aromatic heterocycles. The van der Waals surface area contributed by atoms with Crippen molar-refractivity contribution in [2.75, 3.05) is 13.7 Å². The molecule has 2 aromatic carbocycles. The summed E-state index contributed by atoms with van der Waals surface area (Å²) in [7, 11) is 1.65. The number of carbonyl (C=O) groups is 1. The molecule has 154 valence electrons. The van der Waals surface area contributed by atoms with Crippen molar-refractivity contribution in [3.8, 4) is 5.75 Å². The van der Waals surface area contributed by atoms with Crippen molar-refractivity contribution in [1.29, 1.82) is 0 Å². The largest absolute Gasteiger partial charge is 0.497 e. The first-order chi connectivity index (χ1) is 13.9. The monoisotopic (exact) mass is 394 g/mol. The number of oxime groups is 1. The Labute approximate surface area is 173 Å². The number of aryl methyl sites for hydroxylation is 1. The number of methoxy groups -OCH3 is 1. The Hall–Kier alpha value is -2.82. The van der Waals surface area contributed by atoms with Crippen LogP contribution in [0.5, 0.6) is 5.75 Å². The Morgan fingerprint density at radius 2 is 2.00 bits per heavy atom. The van der Waals surface area contributed by atoms with Crippen LogP contribution in [0.3, 0.4) is 0 Å². The Bertz CT molecular complexity index is 859. The van der Waals surface area contributed by atoms with Crippen LogP contribution in [0.15, 0.2) is 53.7 Å². The first-order valence-electron chi connectivity index (χ1n) is 10.1. The maximum atomic E-state index is 12.9. The van der Waals surface area contributed by atoms with Gasteiger partial charge in [0.25, 0.3) is 0 Å². The van der Waals surface area contributed by atoms with Gasteiger partial charge >= 0.3 is 0 Å². The predicted molar refractivity (Wildman–Crippen MR) is 115 cm³/mol. The molecule has 3 rings (SSSR count). The molecule has 0 saturated carbocycles. The Kier molecular flexibility index (Phi) is 6.91. The lowest BCUT2D eigenvalue weighted by Crippen LogP contribution is -2.37. The quantitative estimate of drug-likeness (QED) is 0.659. The van der Waals surface area contributed by atoms with E-state index >= 15 is 0 Å². The summed E-state index contributed by atoms with van der Waals surface area (Å²) in [6.45, 7) is 7.24. The van der Waals surface area contributed by atoms with Crippen molar-refractivity contribution in [3.63, 3.8) is 0 Å². The molecule has 1 aliphatic heterocycles. The second kappa shape index (κ2) is 9.59. The minimum atomic E-state index is -0.131. The molecule has 0 aliphatic carbocycles. The minimum absolute atomic E-state index is 0.131. The van der Waals surface area contributed by atoms with Gasteiger partial charge in [0.2, 0.25) is 5.91 Å². The van der Waals surface area contributed by atoms with Crippen LogP contribution < -0.4 is 4.74 Å². The molecule has 1 atom stereocenters. The minimum Gasteiger partial charge on any atom is -0.497 e. The van der Waals surface area contributed by atoms with E-state index in [4.69, 9.17) is 9.57 Å². The van der Waals surface area contributed by atoms with Crippen molar-refractivity contribution in [2.45, 2.75) is 46.3 Å². The van der Waals surface area contributed by atoms with E-state index in [2.05, 4.69) is 50.2 Å². The Morgan fingerprint density at radius 1 is 1.24 bits per heavy atom. The van der Waals surface area contributed by atoms with Gasteiger partial charge < -0.3 is 14.5 Å². The molecule has 1 aliphatic rings. The fraction of sp³-hybridized carbons (Fsp3) is 0.417. The lowest BCUT2D eigenvalue weighted by atomic mass is 10.0. The molecule has 1 amide bonds. The summed E-state index contributed by atoms with van der Waals surface area (Å²) in [5.74, 6) is 1.23. The smallest absolute Gasteiger partial charge is 0.223 e. The topological polar surface area (TPSA) is 51.1 Å². The summed E-state index contributed by atoms with van der Waals surface area (Å²) in [4.78, 5) is 20.5. The van der Waals surface area contributed by atoms with E-state index in [1.807, 2.05) is 29.2 Å². The number of nitrogens with zero attached hydrogens (tertiary/aromatic N) is 2. The van der Waals surface area contributed by atoms with Gasteiger partial charge in [-0.1, -0.05) is 61.0 Å². The molecule has 0 saturated heterocycles. The Balaban J connectivity index is 1.68. The molecule has 0 bridgehead atoms. The van der Waals surface area contributed by atoms with Crippen LogP contribution in [-0.2, 0) is 16.2 Å². The molecule has 5 nitrogen and oxygen atoms in total. The van der Waals surface area contributed by atoms with Crippen LogP contribution >= 0.6 is 0 Å². The van der Waals surface area contributed by atoms with Crippen LogP contribution in [0.25, 0.3) is 0 Å². The van der Waals surface area contributed by atoms with E-state index in [1.165, 1.54) is 5.56 Å². The van der Waals surface area contributed by atoms with Crippen molar-refractivity contribution < 1.29 is 14.4 Å². The molecular formula is C24H30N2O3. The number of hydrogen-bond donors (Lipinski definition) is 0. The SMILES string of the molecule is COc1cccc(CN(CC2CC(c3ccc(C)cc3)=NO2)C(=O)CC(C)C)c1. The van der Waals surface area contributed by atoms with Crippen molar-refractivity contribution >= 4 is 11.6 Å². The summed E-state index contributed by atoms with van der Waals surface area (Å²) in [5, 5.41) is 4.28. The van der Waals surface area contributed by atoms with E-state index in [0.717, 1.165) is 22.6 Å². The van der Waals surface area contributed by atoms with Crippen molar-refractivity contribution in [3.05, 3.63) is 65.2 Å². The lowest BCUT2D eigenvalue weighted by molar-refractivity contribution is -0.134. The van der Waals surface area contributed by atoms with Crippen LogP contribution in [-0.4, -0.2) is 36.3 Å². The third kappa shape index (κ3) is 5.83. The van der Waals surface area contributed by atoms with Crippen LogP contribution in [0.1, 0.15) is 43.4 Å². The van der Waals surface area contributed by atoms with Crippen molar-refractivity contribution in [1.82, 2.24) is 4.90 Å². The molecule has 0 fully saturated rings. The summed E-state index contributed by atoms with van der Waals surface area (Å²) in [5.41, 5.74) is 4.27. The number of ether oxygens (including phenoxy) is 1. The first-order valence-corrected chi connectivity index (χ1v) is 10.1. The van der Waals surface area contributed by atoms with Crippen molar-refractivity contribution in [2.24, 2.45) is 11.1 Å². The zero-order valence-corrected chi connectivity index (χ0v) is 17.7. The van der Waals surface area contributed by atoms with Gasteiger partial charge in [0.15, 0.2) is 6.10 Å². The Morgan fingerprint density at radius 3 is 2.69 bits per heavy atom. The highest BCUT2D eigenvalue weighted by Gasteiger charge is 2.27. The molecule has 5 heteroatoms. The fourth-order valence-corrected chi connectivity index (χ4v) is 3.41. The second-order valence-corrected chi connectivity index (χ2v) is 8.06. The highest BCUT2D eigenvalue weighted by Crippen LogP contribution is 2.21. The first kappa shape index (κ1) is 20.9. The van der Waals surface area contributed by atoms with Gasteiger partial charge in [-0.3, -0.25) is 4.79 Å². The maximum absolute atomic E-state index is 12.9. The lowest BCUT2D eigenvalue weighted by Gasteiger charge is -2.26. The van der Waals surface area contributed by atoms with Gasteiger partial charge in [0.05, 0.1) is 19.4 Å². The normalized spacial score (nSPS) is 15.8. The second-order valence-electron chi connectivity index (χ2n) is 8.06. The standard InChI is InChI=1S/C24H30N2O3/c1-17(2)12-24(27)26(15-19-6-5-7-21(13-19)28-4)16-22-14-23(25-29-22)20-10-8-18(3)9-11-20/h5-11,13,17,22H,12,14-16H2,1-4H3. The van der Waals surface area contributed by atoms with Gasteiger partial charge in [-0.05, 0) is 36.1 Å². The van der Waals surface area contributed by atoms with Gasteiger partial charge in [-0.25, -0.2) is 0 Å². The van der Waals surface area contributed by atoms with Gasteiger partial charge in [-0.15, -0.1) is 0 Å². The number of rotatable bonds is 8.